The highest BCUT2D eigenvalue weighted by Gasteiger charge is 2.23. The summed E-state index contributed by atoms with van der Waals surface area (Å²) in [5, 5.41) is 13.8. The molecule has 0 aliphatic heterocycles. The lowest BCUT2D eigenvalue weighted by molar-refractivity contribution is -0.113. The molecule has 2 heterocycles. The monoisotopic (exact) mass is 434 g/mol. The van der Waals surface area contributed by atoms with Gasteiger partial charge in [0.15, 0.2) is 11.0 Å². The molecule has 152 valence electrons. The minimum absolute atomic E-state index is 0.0437. The standard InChI is InChI=1S/C20H20F2N4OS2/c1-11-3-5-13-14(9-28-17(13)7-11)19-24-25-20(26(19)2)29-10-18(27)23-16-6-4-12(21)8-15(16)22/h4,6,8-9,11H,3,5,7,10H2,1-2H3,(H,23,27). The summed E-state index contributed by atoms with van der Waals surface area (Å²) in [7, 11) is 1.88. The van der Waals surface area contributed by atoms with E-state index >= 15 is 0 Å². The van der Waals surface area contributed by atoms with Crippen LogP contribution < -0.4 is 5.32 Å². The number of halogens is 2. The summed E-state index contributed by atoms with van der Waals surface area (Å²) >= 11 is 3.00. The van der Waals surface area contributed by atoms with E-state index in [0.717, 1.165) is 36.4 Å². The first-order valence-electron chi connectivity index (χ1n) is 9.29. The van der Waals surface area contributed by atoms with E-state index in [0.29, 0.717) is 11.1 Å². The second kappa shape index (κ2) is 8.23. The number of aromatic nitrogens is 3. The van der Waals surface area contributed by atoms with Gasteiger partial charge < -0.3 is 9.88 Å². The lowest BCUT2D eigenvalue weighted by Gasteiger charge is -2.18. The van der Waals surface area contributed by atoms with Crippen molar-refractivity contribution in [2.24, 2.45) is 13.0 Å². The molecule has 3 aromatic rings. The summed E-state index contributed by atoms with van der Waals surface area (Å²) in [6.45, 7) is 2.28. The van der Waals surface area contributed by atoms with Crippen LogP contribution in [0.3, 0.4) is 0 Å². The summed E-state index contributed by atoms with van der Waals surface area (Å²) in [5.74, 6) is -0.338. The van der Waals surface area contributed by atoms with Crippen LogP contribution in [0, 0.1) is 17.6 Å². The molecule has 0 saturated carbocycles. The van der Waals surface area contributed by atoms with Crippen molar-refractivity contribution in [2.75, 3.05) is 11.1 Å². The molecule has 1 amide bonds. The van der Waals surface area contributed by atoms with Gasteiger partial charge in [0.05, 0.1) is 11.4 Å². The van der Waals surface area contributed by atoms with Crippen molar-refractivity contribution in [1.29, 1.82) is 0 Å². The Bertz CT molecular complexity index is 1060. The first-order chi connectivity index (χ1) is 13.9. The van der Waals surface area contributed by atoms with Crippen molar-refractivity contribution in [3.05, 3.63) is 45.7 Å². The highest BCUT2D eigenvalue weighted by molar-refractivity contribution is 7.99. The number of nitrogens with zero attached hydrogens (tertiary/aromatic N) is 3. The Morgan fingerprint density at radius 3 is 3.00 bits per heavy atom. The number of hydrogen-bond donors (Lipinski definition) is 1. The van der Waals surface area contributed by atoms with Crippen LogP contribution in [-0.2, 0) is 24.7 Å². The molecular weight excluding hydrogens is 414 g/mol. The van der Waals surface area contributed by atoms with E-state index < -0.39 is 17.5 Å². The maximum absolute atomic E-state index is 13.7. The van der Waals surface area contributed by atoms with Gasteiger partial charge in [-0.2, -0.15) is 0 Å². The van der Waals surface area contributed by atoms with Gasteiger partial charge in [0.25, 0.3) is 0 Å². The van der Waals surface area contributed by atoms with E-state index in [1.165, 1.54) is 34.7 Å². The topological polar surface area (TPSA) is 59.8 Å². The Balaban J connectivity index is 1.44. The molecule has 2 aromatic heterocycles. The van der Waals surface area contributed by atoms with Crippen LogP contribution in [-0.4, -0.2) is 26.4 Å². The zero-order valence-electron chi connectivity index (χ0n) is 16.0. The van der Waals surface area contributed by atoms with Gasteiger partial charge in [-0.15, -0.1) is 21.5 Å². The third-order valence-corrected chi connectivity index (χ3v) is 7.09. The fourth-order valence-corrected chi connectivity index (χ4v) is 5.40. The maximum atomic E-state index is 13.7. The number of carbonyl (C=O) groups excluding carboxylic acids is 1. The highest BCUT2D eigenvalue weighted by atomic mass is 32.2. The van der Waals surface area contributed by atoms with Crippen LogP contribution in [0.2, 0.25) is 0 Å². The molecule has 4 rings (SSSR count). The van der Waals surface area contributed by atoms with E-state index in [9.17, 15) is 13.6 Å². The van der Waals surface area contributed by atoms with Crippen molar-refractivity contribution in [1.82, 2.24) is 14.8 Å². The molecule has 1 aliphatic rings. The Morgan fingerprint density at radius 1 is 1.38 bits per heavy atom. The summed E-state index contributed by atoms with van der Waals surface area (Å²) in [6, 6.07) is 3.04. The number of thioether (sulfide) groups is 1. The lowest BCUT2D eigenvalue weighted by atomic mass is 9.88. The molecular formula is C20H20F2N4OS2. The van der Waals surface area contributed by atoms with Gasteiger partial charge in [-0.1, -0.05) is 18.7 Å². The van der Waals surface area contributed by atoms with Crippen LogP contribution in [0.1, 0.15) is 23.8 Å². The Kier molecular flexibility index (Phi) is 5.69. The molecule has 0 spiro atoms. The minimum atomic E-state index is -0.805. The first kappa shape index (κ1) is 20.0. The van der Waals surface area contributed by atoms with Gasteiger partial charge in [0, 0.05) is 28.9 Å². The zero-order valence-corrected chi connectivity index (χ0v) is 17.7. The quantitative estimate of drug-likeness (QED) is 0.593. The zero-order chi connectivity index (χ0) is 20.5. The van der Waals surface area contributed by atoms with E-state index in [1.807, 2.05) is 11.6 Å². The van der Waals surface area contributed by atoms with Crippen molar-refractivity contribution in [3.8, 4) is 11.4 Å². The summed E-state index contributed by atoms with van der Waals surface area (Å²) < 4.78 is 28.5. The Morgan fingerprint density at radius 2 is 2.21 bits per heavy atom. The number of amides is 1. The van der Waals surface area contributed by atoms with Gasteiger partial charge in [-0.25, -0.2) is 8.78 Å². The largest absolute Gasteiger partial charge is 0.323 e. The third kappa shape index (κ3) is 4.20. The van der Waals surface area contributed by atoms with Crippen molar-refractivity contribution in [2.45, 2.75) is 31.3 Å². The fourth-order valence-electron chi connectivity index (χ4n) is 3.45. The summed E-state index contributed by atoms with van der Waals surface area (Å²) in [5.41, 5.74) is 2.44. The number of hydrogen-bond acceptors (Lipinski definition) is 5. The normalized spacial score (nSPS) is 15.9. The maximum Gasteiger partial charge on any atom is 0.234 e. The van der Waals surface area contributed by atoms with Gasteiger partial charge in [-0.3, -0.25) is 4.79 Å². The number of anilines is 1. The Hall–Kier alpha value is -2.26. The molecule has 1 aliphatic carbocycles. The number of nitrogens with one attached hydrogen (secondary N) is 1. The second-order valence-electron chi connectivity index (χ2n) is 7.23. The number of carbonyl (C=O) groups is 1. The third-order valence-electron chi connectivity index (χ3n) is 5.02. The SMILES string of the molecule is CC1CCc2c(-c3nnc(SCC(=O)Nc4ccc(F)cc4F)n3C)csc2C1. The number of benzene rings is 1. The second-order valence-corrected chi connectivity index (χ2v) is 9.13. The molecule has 1 atom stereocenters. The fraction of sp³-hybridized carbons (Fsp3) is 0.350. The van der Waals surface area contributed by atoms with E-state index in [4.69, 9.17) is 0 Å². The van der Waals surface area contributed by atoms with E-state index in [-0.39, 0.29) is 11.4 Å². The molecule has 5 nitrogen and oxygen atoms in total. The van der Waals surface area contributed by atoms with Gasteiger partial charge in [0.1, 0.15) is 11.6 Å². The Labute approximate surface area is 175 Å². The molecule has 1 unspecified atom stereocenters. The van der Waals surface area contributed by atoms with Gasteiger partial charge >= 0.3 is 0 Å². The van der Waals surface area contributed by atoms with Crippen LogP contribution in [0.4, 0.5) is 14.5 Å². The predicted octanol–water partition coefficient (Wildman–Crippen LogP) is 4.68. The number of thiophene rings is 1. The van der Waals surface area contributed by atoms with Crippen molar-refractivity contribution in [3.63, 3.8) is 0 Å². The molecule has 0 fully saturated rings. The molecule has 9 heteroatoms. The van der Waals surface area contributed by atoms with Gasteiger partial charge in [0.2, 0.25) is 5.91 Å². The first-order valence-corrected chi connectivity index (χ1v) is 11.2. The minimum Gasteiger partial charge on any atom is -0.323 e. The number of rotatable bonds is 5. The summed E-state index contributed by atoms with van der Waals surface area (Å²) in [6.07, 6.45) is 3.34. The highest BCUT2D eigenvalue weighted by Crippen LogP contribution is 2.38. The molecule has 1 N–H and O–H groups in total. The van der Waals surface area contributed by atoms with E-state index in [2.05, 4.69) is 27.8 Å². The van der Waals surface area contributed by atoms with Crippen molar-refractivity contribution < 1.29 is 13.6 Å². The van der Waals surface area contributed by atoms with Crippen molar-refractivity contribution >= 4 is 34.7 Å². The molecule has 29 heavy (non-hydrogen) atoms. The summed E-state index contributed by atoms with van der Waals surface area (Å²) in [4.78, 5) is 13.6. The van der Waals surface area contributed by atoms with Crippen LogP contribution in [0.25, 0.3) is 11.4 Å². The van der Waals surface area contributed by atoms with Crippen LogP contribution in [0.5, 0.6) is 0 Å². The average molecular weight is 435 g/mol. The average Bonchev–Trinajstić information content (AvgIpc) is 3.25. The molecule has 1 aromatic carbocycles. The molecule has 0 saturated heterocycles. The van der Waals surface area contributed by atoms with Gasteiger partial charge in [-0.05, 0) is 42.9 Å². The smallest absolute Gasteiger partial charge is 0.234 e. The van der Waals surface area contributed by atoms with E-state index in [1.54, 1.807) is 11.3 Å². The van der Waals surface area contributed by atoms with Crippen LogP contribution >= 0.6 is 23.1 Å². The molecule has 0 radical (unpaired) electrons. The predicted molar refractivity (Wildman–Crippen MR) is 111 cm³/mol. The number of fused-ring (bicyclic) bond motifs is 1. The van der Waals surface area contributed by atoms with Crippen LogP contribution in [0.15, 0.2) is 28.7 Å². The molecule has 0 bridgehead atoms. The lowest BCUT2D eigenvalue weighted by Crippen LogP contribution is -2.15.